The first-order valence-electron chi connectivity index (χ1n) is 11.5. The highest BCUT2D eigenvalue weighted by Crippen LogP contribution is 2.19. The van der Waals surface area contributed by atoms with Crippen LogP contribution in [-0.4, -0.2) is 22.0 Å². The molecule has 0 unspecified atom stereocenters. The van der Waals surface area contributed by atoms with Crippen LogP contribution in [0.2, 0.25) is 0 Å². The minimum Gasteiger partial charge on any atom is -0.356 e. The lowest BCUT2D eigenvalue weighted by Gasteiger charge is -2.09. The molecule has 0 atom stereocenters. The summed E-state index contributed by atoms with van der Waals surface area (Å²) in [5.41, 5.74) is 3.58. The monoisotopic (exact) mass is 405 g/mol. The van der Waals surface area contributed by atoms with Crippen molar-refractivity contribution >= 4 is 16.9 Å². The Hall–Kier alpha value is -2.62. The molecule has 0 aliphatic heterocycles. The Morgan fingerprint density at radius 3 is 2.53 bits per heavy atom. The molecule has 160 valence electrons. The largest absolute Gasteiger partial charge is 0.356 e. The van der Waals surface area contributed by atoms with Crippen LogP contribution in [0.3, 0.4) is 0 Å². The maximum Gasteiger partial charge on any atom is 0.220 e. The molecule has 2 aromatic carbocycles. The number of aryl methyl sites for hydroxylation is 3. The van der Waals surface area contributed by atoms with E-state index in [1.54, 1.807) is 0 Å². The van der Waals surface area contributed by atoms with Crippen molar-refractivity contribution in [3.05, 3.63) is 66.0 Å². The fourth-order valence-corrected chi connectivity index (χ4v) is 3.89. The molecule has 4 heteroatoms. The summed E-state index contributed by atoms with van der Waals surface area (Å²) in [7, 11) is 0. The number of carbonyl (C=O) groups is 1. The molecule has 0 bridgehead atoms. The van der Waals surface area contributed by atoms with Gasteiger partial charge in [-0.1, -0.05) is 68.7 Å². The molecule has 4 nitrogen and oxygen atoms in total. The first-order chi connectivity index (χ1) is 14.8. The highest BCUT2D eigenvalue weighted by molar-refractivity contribution is 5.76. The fourth-order valence-electron chi connectivity index (χ4n) is 3.89. The summed E-state index contributed by atoms with van der Waals surface area (Å²) in [6.07, 6.45) is 9.31. The van der Waals surface area contributed by atoms with Gasteiger partial charge in [-0.25, -0.2) is 4.98 Å². The molecule has 1 N–H and O–H groups in total. The summed E-state index contributed by atoms with van der Waals surface area (Å²) in [4.78, 5) is 16.9. The van der Waals surface area contributed by atoms with Gasteiger partial charge in [-0.15, -0.1) is 0 Å². The third kappa shape index (κ3) is 6.72. The molecule has 0 fully saturated rings. The third-order valence-electron chi connectivity index (χ3n) is 5.60. The number of benzene rings is 2. The lowest BCUT2D eigenvalue weighted by Crippen LogP contribution is -2.24. The zero-order valence-corrected chi connectivity index (χ0v) is 18.3. The normalized spacial score (nSPS) is 11.1. The molecule has 3 rings (SSSR count). The van der Waals surface area contributed by atoms with E-state index in [0.29, 0.717) is 6.42 Å². The zero-order valence-electron chi connectivity index (χ0n) is 18.3. The van der Waals surface area contributed by atoms with Crippen LogP contribution in [0.25, 0.3) is 11.0 Å². The van der Waals surface area contributed by atoms with Gasteiger partial charge in [-0.2, -0.15) is 0 Å². The Morgan fingerprint density at radius 2 is 1.70 bits per heavy atom. The van der Waals surface area contributed by atoms with Crippen molar-refractivity contribution in [1.82, 2.24) is 14.9 Å². The van der Waals surface area contributed by atoms with Crippen LogP contribution in [0.15, 0.2) is 54.6 Å². The van der Waals surface area contributed by atoms with E-state index in [1.807, 2.05) is 18.2 Å². The molecule has 3 aromatic rings. The maximum absolute atomic E-state index is 12.0. The molecule has 1 aromatic heterocycles. The number of rotatable bonds is 13. The van der Waals surface area contributed by atoms with E-state index in [2.05, 4.69) is 53.2 Å². The number of amides is 1. The van der Waals surface area contributed by atoms with E-state index in [4.69, 9.17) is 4.98 Å². The highest BCUT2D eigenvalue weighted by atomic mass is 16.1. The molecule has 1 amide bonds. The molecule has 30 heavy (non-hydrogen) atoms. The molecule has 1 heterocycles. The number of para-hydroxylation sites is 2. The number of fused-ring (bicyclic) bond motifs is 1. The van der Waals surface area contributed by atoms with Crippen LogP contribution >= 0.6 is 0 Å². The smallest absolute Gasteiger partial charge is 0.220 e. The summed E-state index contributed by atoms with van der Waals surface area (Å²) in [6, 6.07) is 18.6. The van der Waals surface area contributed by atoms with Gasteiger partial charge in [0.15, 0.2) is 0 Å². The number of imidazole rings is 1. The number of nitrogens with one attached hydrogen (secondary N) is 1. The van der Waals surface area contributed by atoms with E-state index in [1.165, 1.54) is 36.2 Å². The summed E-state index contributed by atoms with van der Waals surface area (Å²) < 4.78 is 2.41. The van der Waals surface area contributed by atoms with Crippen molar-refractivity contribution in [2.75, 3.05) is 6.54 Å². The Morgan fingerprint density at radius 1 is 0.900 bits per heavy atom. The Kier molecular flexibility index (Phi) is 8.95. The zero-order chi connectivity index (χ0) is 21.0. The topological polar surface area (TPSA) is 46.9 Å². The Balaban J connectivity index is 1.37. The average Bonchev–Trinajstić information content (AvgIpc) is 3.13. The van der Waals surface area contributed by atoms with E-state index in [9.17, 15) is 4.79 Å². The second kappa shape index (κ2) is 12.2. The number of aromatic nitrogens is 2. The number of hydrogen-bond acceptors (Lipinski definition) is 2. The predicted octanol–water partition coefficient (Wildman–Crippen LogP) is 5.69. The molecule has 0 spiro atoms. The minimum absolute atomic E-state index is 0.150. The standard InChI is InChI=1S/C26H35N3O/c1-2-3-12-21-29-24-16-10-9-15-23(24)28-25(29)17-8-5-11-20-27-26(30)19-18-22-13-6-4-7-14-22/h4,6-7,9-10,13-16H,2-3,5,8,11-12,17-21H2,1H3,(H,27,30). The van der Waals surface area contributed by atoms with Crippen molar-refractivity contribution in [3.63, 3.8) is 0 Å². The second-order valence-electron chi connectivity index (χ2n) is 8.02. The van der Waals surface area contributed by atoms with Gasteiger partial charge in [-0.3, -0.25) is 4.79 Å². The number of nitrogens with zero attached hydrogens (tertiary/aromatic N) is 2. The molecule has 0 saturated carbocycles. The van der Waals surface area contributed by atoms with Gasteiger partial charge in [0.2, 0.25) is 5.91 Å². The SMILES string of the molecule is CCCCCn1c(CCCCCNC(=O)CCc2ccccc2)nc2ccccc21. The summed E-state index contributed by atoms with van der Waals surface area (Å²) >= 11 is 0. The lowest BCUT2D eigenvalue weighted by atomic mass is 10.1. The molecule has 0 aliphatic carbocycles. The number of unbranched alkanes of at least 4 members (excludes halogenated alkanes) is 4. The minimum atomic E-state index is 0.150. The van der Waals surface area contributed by atoms with E-state index < -0.39 is 0 Å². The Labute approximate surface area is 180 Å². The Bertz CT molecular complexity index is 901. The average molecular weight is 406 g/mol. The van der Waals surface area contributed by atoms with Crippen molar-refractivity contribution in [2.24, 2.45) is 0 Å². The molecular weight excluding hydrogens is 370 g/mol. The first-order valence-corrected chi connectivity index (χ1v) is 11.5. The van der Waals surface area contributed by atoms with Crippen LogP contribution in [0.1, 0.15) is 63.3 Å². The molecule has 0 aliphatic rings. The van der Waals surface area contributed by atoms with Crippen LogP contribution in [0, 0.1) is 0 Å². The van der Waals surface area contributed by atoms with Crippen molar-refractivity contribution in [2.45, 2.75) is 71.3 Å². The van der Waals surface area contributed by atoms with Gasteiger partial charge in [0.1, 0.15) is 5.82 Å². The van der Waals surface area contributed by atoms with Crippen molar-refractivity contribution in [3.8, 4) is 0 Å². The van der Waals surface area contributed by atoms with Gasteiger partial charge in [-0.05, 0) is 43.4 Å². The van der Waals surface area contributed by atoms with Gasteiger partial charge in [0.25, 0.3) is 0 Å². The van der Waals surface area contributed by atoms with Crippen LogP contribution < -0.4 is 5.32 Å². The van der Waals surface area contributed by atoms with Crippen LogP contribution in [0.5, 0.6) is 0 Å². The highest BCUT2D eigenvalue weighted by Gasteiger charge is 2.10. The summed E-state index contributed by atoms with van der Waals surface area (Å²) in [6.45, 7) is 4.06. The van der Waals surface area contributed by atoms with Crippen LogP contribution in [-0.2, 0) is 24.2 Å². The van der Waals surface area contributed by atoms with Crippen LogP contribution in [0.4, 0.5) is 0 Å². The predicted molar refractivity (Wildman–Crippen MR) is 125 cm³/mol. The van der Waals surface area contributed by atoms with Crippen molar-refractivity contribution < 1.29 is 4.79 Å². The number of carbonyl (C=O) groups excluding carboxylic acids is 1. The van der Waals surface area contributed by atoms with Gasteiger partial charge in [0, 0.05) is 25.9 Å². The van der Waals surface area contributed by atoms with Gasteiger partial charge < -0.3 is 9.88 Å². The summed E-state index contributed by atoms with van der Waals surface area (Å²) in [5.74, 6) is 1.36. The first kappa shape index (κ1) is 22.1. The van der Waals surface area contributed by atoms with E-state index >= 15 is 0 Å². The van der Waals surface area contributed by atoms with E-state index in [0.717, 1.165) is 50.7 Å². The molecule has 0 radical (unpaired) electrons. The third-order valence-corrected chi connectivity index (χ3v) is 5.60. The summed E-state index contributed by atoms with van der Waals surface area (Å²) in [5, 5.41) is 3.06. The fraction of sp³-hybridized carbons (Fsp3) is 0.462. The molecular formula is C26H35N3O. The molecule has 0 saturated heterocycles. The maximum atomic E-state index is 12.0. The lowest BCUT2D eigenvalue weighted by molar-refractivity contribution is -0.121. The van der Waals surface area contributed by atoms with E-state index in [-0.39, 0.29) is 5.91 Å². The van der Waals surface area contributed by atoms with Gasteiger partial charge in [0.05, 0.1) is 11.0 Å². The second-order valence-corrected chi connectivity index (χ2v) is 8.02. The quantitative estimate of drug-likeness (QED) is 0.371. The number of hydrogen-bond donors (Lipinski definition) is 1. The van der Waals surface area contributed by atoms with Gasteiger partial charge >= 0.3 is 0 Å². The van der Waals surface area contributed by atoms with Crippen molar-refractivity contribution in [1.29, 1.82) is 0 Å².